The summed E-state index contributed by atoms with van der Waals surface area (Å²) in [6, 6.07) is 10.3. The summed E-state index contributed by atoms with van der Waals surface area (Å²) in [5.41, 5.74) is 1.35. The first-order chi connectivity index (χ1) is 15.8. The average Bonchev–Trinajstić information content (AvgIpc) is 2.69. The van der Waals surface area contributed by atoms with Crippen LogP contribution in [0.2, 0.25) is 20.1 Å². The van der Waals surface area contributed by atoms with Crippen molar-refractivity contribution in [2.75, 3.05) is 6.54 Å². The van der Waals surface area contributed by atoms with Crippen LogP contribution in [0.5, 0.6) is 0 Å². The lowest BCUT2D eigenvalue weighted by atomic mass is 9.62. The summed E-state index contributed by atoms with van der Waals surface area (Å²) in [6.45, 7) is 7.10. The summed E-state index contributed by atoms with van der Waals surface area (Å²) >= 11 is 24.3. The van der Waals surface area contributed by atoms with E-state index >= 15 is 0 Å². The van der Waals surface area contributed by atoms with Crippen LogP contribution in [0.4, 0.5) is 0 Å². The maximum atomic E-state index is 12.8. The molecular formula is C26H30Cl4N2O2. The van der Waals surface area contributed by atoms with Gasteiger partial charge in [0, 0.05) is 32.7 Å². The molecule has 2 aromatic carbocycles. The van der Waals surface area contributed by atoms with Crippen molar-refractivity contribution >= 4 is 58.2 Å². The van der Waals surface area contributed by atoms with E-state index in [1.165, 1.54) is 0 Å². The second-order valence-corrected chi connectivity index (χ2v) is 12.1. The van der Waals surface area contributed by atoms with Crippen LogP contribution >= 0.6 is 46.4 Å². The molecule has 2 N–H and O–H groups in total. The SMILES string of the molecule is CC1(C)C[C@@H](NC(=O)Cc2ccc(Cl)cc2Cl)C[C@](C)(CNC(=O)Cc2ccc(Cl)cc2Cl)C1. The smallest absolute Gasteiger partial charge is 0.224 e. The minimum Gasteiger partial charge on any atom is -0.355 e. The van der Waals surface area contributed by atoms with Gasteiger partial charge in [0.1, 0.15) is 0 Å². The number of carbonyl (C=O) groups excluding carboxylic acids is 2. The average molecular weight is 544 g/mol. The van der Waals surface area contributed by atoms with Gasteiger partial charge in [-0.3, -0.25) is 9.59 Å². The molecule has 184 valence electrons. The van der Waals surface area contributed by atoms with E-state index in [-0.39, 0.29) is 41.5 Å². The third kappa shape index (κ3) is 7.78. The molecule has 0 spiro atoms. The first-order valence-electron chi connectivity index (χ1n) is 11.3. The van der Waals surface area contributed by atoms with E-state index in [4.69, 9.17) is 46.4 Å². The Morgan fingerprint density at radius 3 is 1.91 bits per heavy atom. The number of hydrogen-bond acceptors (Lipinski definition) is 2. The number of benzene rings is 2. The van der Waals surface area contributed by atoms with Gasteiger partial charge >= 0.3 is 0 Å². The molecule has 0 radical (unpaired) electrons. The van der Waals surface area contributed by atoms with Crippen LogP contribution < -0.4 is 10.6 Å². The second kappa shape index (κ2) is 11.1. The molecule has 4 nitrogen and oxygen atoms in total. The van der Waals surface area contributed by atoms with E-state index < -0.39 is 0 Å². The lowest BCUT2D eigenvalue weighted by Gasteiger charge is -2.47. The van der Waals surface area contributed by atoms with Crippen molar-refractivity contribution in [1.82, 2.24) is 10.6 Å². The van der Waals surface area contributed by atoms with Crippen molar-refractivity contribution in [3.8, 4) is 0 Å². The van der Waals surface area contributed by atoms with Crippen LogP contribution in [0.15, 0.2) is 36.4 Å². The van der Waals surface area contributed by atoms with E-state index in [1.807, 2.05) is 0 Å². The molecule has 0 unspecified atom stereocenters. The molecule has 8 heteroatoms. The highest BCUT2D eigenvalue weighted by molar-refractivity contribution is 6.35. The molecule has 2 aromatic rings. The lowest BCUT2D eigenvalue weighted by Crippen LogP contribution is -2.50. The summed E-state index contributed by atoms with van der Waals surface area (Å²) < 4.78 is 0. The van der Waals surface area contributed by atoms with Gasteiger partial charge < -0.3 is 10.6 Å². The molecule has 0 aromatic heterocycles. The van der Waals surface area contributed by atoms with Gasteiger partial charge in [-0.1, -0.05) is 79.3 Å². The molecule has 0 bridgehead atoms. The van der Waals surface area contributed by atoms with Crippen molar-refractivity contribution < 1.29 is 9.59 Å². The molecule has 2 atom stereocenters. The number of halogens is 4. The van der Waals surface area contributed by atoms with Crippen LogP contribution in [-0.4, -0.2) is 24.4 Å². The van der Waals surface area contributed by atoms with Crippen LogP contribution in [0, 0.1) is 10.8 Å². The normalized spacial score (nSPS) is 21.7. The maximum Gasteiger partial charge on any atom is 0.224 e. The zero-order chi connectivity index (χ0) is 25.1. The van der Waals surface area contributed by atoms with Gasteiger partial charge in [0.2, 0.25) is 11.8 Å². The Bertz CT molecular complexity index is 1070. The van der Waals surface area contributed by atoms with Gasteiger partial charge in [0.25, 0.3) is 0 Å². The molecule has 1 saturated carbocycles. The van der Waals surface area contributed by atoms with E-state index in [0.717, 1.165) is 30.4 Å². The van der Waals surface area contributed by atoms with Crippen molar-refractivity contribution in [2.24, 2.45) is 10.8 Å². The summed E-state index contributed by atoms with van der Waals surface area (Å²) in [5.74, 6) is -0.164. The highest BCUT2D eigenvalue weighted by Gasteiger charge is 2.41. The Balaban J connectivity index is 1.59. The first kappa shape index (κ1) is 27.1. The molecule has 0 saturated heterocycles. The van der Waals surface area contributed by atoms with E-state index in [9.17, 15) is 9.59 Å². The standard InChI is InChI=1S/C26H30Cl4N2O2/c1-25(2)12-20(32-24(34)9-17-5-7-19(28)11-22(17)30)13-26(3,14-25)15-31-23(33)8-16-4-6-18(27)10-21(16)29/h4-7,10-11,20H,8-9,12-15H2,1-3H3,(H,31,33)(H,32,34)/t20-,26+/m1/s1. The number of amides is 2. The van der Waals surface area contributed by atoms with Crippen LogP contribution in [0.25, 0.3) is 0 Å². The zero-order valence-electron chi connectivity index (χ0n) is 19.6. The van der Waals surface area contributed by atoms with Crippen molar-refractivity contribution in [1.29, 1.82) is 0 Å². The van der Waals surface area contributed by atoms with Gasteiger partial charge in [-0.25, -0.2) is 0 Å². The highest BCUT2D eigenvalue weighted by Crippen LogP contribution is 2.45. The Morgan fingerprint density at radius 1 is 0.853 bits per heavy atom. The van der Waals surface area contributed by atoms with Crippen molar-refractivity contribution in [3.63, 3.8) is 0 Å². The molecule has 3 rings (SSSR count). The number of nitrogens with one attached hydrogen (secondary N) is 2. The quantitative estimate of drug-likeness (QED) is 0.399. The Labute approximate surface area is 221 Å². The highest BCUT2D eigenvalue weighted by atomic mass is 35.5. The molecular weight excluding hydrogens is 514 g/mol. The zero-order valence-corrected chi connectivity index (χ0v) is 22.6. The van der Waals surface area contributed by atoms with Crippen LogP contribution in [-0.2, 0) is 22.4 Å². The minimum absolute atomic E-state index is 0.00920. The lowest BCUT2D eigenvalue weighted by molar-refractivity contribution is -0.123. The molecule has 0 aliphatic heterocycles. The third-order valence-electron chi connectivity index (χ3n) is 6.25. The summed E-state index contributed by atoms with van der Waals surface area (Å²) in [4.78, 5) is 25.4. The third-order valence-corrected chi connectivity index (χ3v) is 7.43. The van der Waals surface area contributed by atoms with Gasteiger partial charge in [0.15, 0.2) is 0 Å². The monoisotopic (exact) mass is 542 g/mol. The van der Waals surface area contributed by atoms with Gasteiger partial charge in [0.05, 0.1) is 12.8 Å². The Hall–Kier alpha value is -1.46. The van der Waals surface area contributed by atoms with Gasteiger partial charge in [-0.15, -0.1) is 0 Å². The van der Waals surface area contributed by atoms with E-state index in [0.29, 0.717) is 26.6 Å². The molecule has 0 heterocycles. The molecule has 2 amide bonds. The predicted octanol–water partition coefficient (Wildman–Crippen LogP) is 6.90. The fourth-order valence-electron chi connectivity index (χ4n) is 5.20. The van der Waals surface area contributed by atoms with Gasteiger partial charge in [-0.05, 0) is 65.5 Å². The first-order valence-corrected chi connectivity index (χ1v) is 12.8. The number of carbonyl (C=O) groups is 2. The number of hydrogen-bond donors (Lipinski definition) is 2. The van der Waals surface area contributed by atoms with Crippen molar-refractivity contribution in [2.45, 2.75) is 58.9 Å². The van der Waals surface area contributed by atoms with Crippen molar-refractivity contribution in [3.05, 3.63) is 67.6 Å². The fourth-order valence-corrected chi connectivity index (χ4v) is 6.15. The van der Waals surface area contributed by atoms with E-state index in [1.54, 1.807) is 36.4 Å². The molecule has 1 fully saturated rings. The van der Waals surface area contributed by atoms with Crippen LogP contribution in [0.3, 0.4) is 0 Å². The fraction of sp³-hybridized carbons (Fsp3) is 0.462. The predicted molar refractivity (Wildman–Crippen MR) is 141 cm³/mol. The summed E-state index contributed by atoms with van der Waals surface area (Å²) in [5, 5.41) is 8.31. The van der Waals surface area contributed by atoms with Gasteiger partial charge in [-0.2, -0.15) is 0 Å². The Kier molecular flexibility index (Phi) is 8.84. The molecule has 1 aliphatic carbocycles. The second-order valence-electron chi connectivity index (χ2n) is 10.4. The van der Waals surface area contributed by atoms with E-state index in [2.05, 4.69) is 31.4 Å². The topological polar surface area (TPSA) is 58.2 Å². The molecule has 34 heavy (non-hydrogen) atoms. The minimum atomic E-state index is -0.156. The summed E-state index contributed by atoms with van der Waals surface area (Å²) in [7, 11) is 0. The largest absolute Gasteiger partial charge is 0.355 e. The number of rotatable bonds is 7. The maximum absolute atomic E-state index is 12.8. The Morgan fingerprint density at radius 2 is 1.38 bits per heavy atom. The summed E-state index contributed by atoms with van der Waals surface area (Å²) in [6.07, 6.45) is 2.98. The van der Waals surface area contributed by atoms with Crippen LogP contribution in [0.1, 0.15) is 51.2 Å². The molecule has 1 aliphatic rings.